The highest BCUT2D eigenvalue weighted by Crippen LogP contribution is 2.23. The maximum Gasteiger partial charge on any atom is 0.145 e. The number of fused-ring (bicyclic) bond motifs is 1. The van der Waals surface area contributed by atoms with Gasteiger partial charge in [-0.15, -0.1) is 0 Å². The largest absolute Gasteiger partial charge is 0.493 e. The smallest absolute Gasteiger partial charge is 0.145 e. The van der Waals surface area contributed by atoms with Gasteiger partial charge in [0.2, 0.25) is 0 Å². The first-order chi connectivity index (χ1) is 11.2. The Balaban J connectivity index is 1.51. The molecule has 0 saturated carbocycles. The average Bonchev–Trinajstić information content (AvgIpc) is 2.56. The van der Waals surface area contributed by atoms with Crippen molar-refractivity contribution in [2.24, 2.45) is 0 Å². The summed E-state index contributed by atoms with van der Waals surface area (Å²) in [5.74, 6) is 1.78. The first kappa shape index (κ1) is 15.3. The van der Waals surface area contributed by atoms with Gasteiger partial charge in [-0.2, -0.15) is 0 Å². The molecule has 23 heavy (non-hydrogen) atoms. The fourth-order valence-corrected chi connectivity index (χ4v) is 2.58. The van der Waals surface area contributed by atoms with Crippen LogP contribution >= 0.6 is 0 Å². The second-order valence-electron chi connectivity index (χ2n) is 5.65. The zero-order valence-electron chi connectivity index (χ0n) is 13.6. The maximum atomic E-state index is 5.86. The Hall–Kier alpha value is -2.55. The van der Waals surface area contributed by atoms with Crippen molar-refractivity contribution in [3.05, 3.63) is 65.9 Å². The zero-order valence-corrected chi connectivity index (χ0v) is 13.6. The van der Waals surface area contributed by atoms with E-state index in [0.29, 0.717) is 13.2 Å². The van der Waals surface area contributed by atoms with Gasteiger partial charge in [-0.3, -0.25) is 4.98 Å². The Morgan fingerprint density at radius 1 is 0.870 bits per heavy atom. The van der Waals surface area contributed by atoms with E-state index in [1.165, 1.54) is 11.1 Å². The molecule has 2 aromatic carbocycles. The van der Waals surface area contributed by atoms with E-state index in [0.717, 1.165) is 28.8 Å². The third-order valence-corrected chi connectivity index (χ3v) is 3.73. The molecule has 0 fully saturated rings. The lowest BCUT2D eigenvalue weighted by Gasteiger charge is -2.11. The molecule has 1 heterocycles. The summed E-state index contributed by atoms with van der Waals surface area (Å²) < 4.78 is 11.7. The van der Waals surface area contributed by atoms with Crippen LogP contribution in [0.3, 0.4) is 0 Å². The Labute approximate surface area is 136 Å². The average molecular weight is 307 g/mol. The van der Waals surface area contributed by atoms with Crippen molar-refractivity contribution < 1.29 is 9.47 Å². The van der Waals surface area contributed by atoms with Gasteiger partial charge >= 0.3 is 0 Å². The number of para-hydroxylation sites is 1. The summed E-state index contributed by atoms with van der Waals surface area (Å²) >= 11 is 0. The van der Waals surface area contributed by atoms with Gasteiger partial charge in [0.05, 0.1) is 13.2 Å². The summed E-state index contributed by atoms with van der Waals surface area (Å²) in [4.78, 5) is 4.39. The van der Waals surface area contributed by atoms with Crippen LogP contribution in [0.4, 0.5) is 0 Å². The van der Waals surface area contributed by atoms with Crippen LogP contribution in [-0.4, -0.2) is 18.2 Å². The summed E-state index contributed by atoms with van der Waals surface area (Å²) in [5, 5.41) is 1.09. The molecule has 0 unspecified atom stereocenters. The van der Waals surface area contributed by atoms with Crippen molar-refractivity contribution in [2.45, 2.75) is 20.3 Å². The van der Waals surface area contributed by atoms with Crippen LogP contribution in [0.2, 0.25) is 0 Å². The number of aromatic nitrogens is 1. The van der Waals surface area contributed by atoms with Crippen LogP contribution in [0.25, 0.3) is 10.9 Å². The molecule has 0 radical (unpaired) electrons. The minimum atomic E-state index is 0.612. The van der Waals surface area contributed by atoms with E-state index < -0.39 is 0 Å². The standard InChI is InChI=1S/C20H21NO2/c1-15-9-10-18(16(2)14-15)22-12-5-13-23-19-8-3-6-17-7-4-11-21-20(17)19/h3-4,6-11,14H,5,12-13H2,1-2H3. The molecule has 0 N–H and O–H groups in total. The van der Waals surface area contributed by atoms with E-state index in [-0.39, 0.29) is 0 Å². The Morgan fingerprint density at radius 3 is 2.48 bits per heavy atom. The summed E-state index contributed by atoms with van der Waals surface area (Å²) in [5.41, 5.74) is 3.33. The summed E-state index contributed by atoms with van der Waals surface area (Å²) in [7, 11) is 0. The van der Waals surface area contributed by atoms with Gasteiger partial charge in [-0.05, 0) is 37.6 Å². The lowest BCUT2D eigenvalue weighted by Crippen LogP contribution is -2.06. The molecule has 118 valence electrons. The van der Waals surface area contributed by atoms with E-state index in [4.69, 9.17) is 9.47 Å². The number of ether oxygens (including phenoxy) is 2. The predicted octanol–water partition coefficient (Wildman–Crippen LogP) is 4.70. The first-order valence-electron chi connectivity index (χ1n) is 7.90. The quantitative estimate of drug-likeness (QED) is 0.619. The van der Waals surface area contributed by atoms with E-state index in [1.807, 2.05) is 36.4 Å². The number of hydrogen-bond donors (Lipinski definition) is 0. The number of pyridine rings is 1. The normalized spacial score (nSPS) is 10.7. The third-order valence-electron chi connectivity index (χ3n) is 3.73. The molecule has 3 heteroatoms. The highest BCUT2D eigenvalue weighted by Gasteiger charge is 2.03. The number of nitrogens with zero attached hydrogens (tertiary/aromatic N) is 1. The van der Waals surface area contributed by atoms with Crippen LogP contribution in [0, 0.1) is 13.8 Å². The maximum absolute atomic E-state index is 5.86. The number of benzene rings is 2. The molecule has 3 aromatic rings. The minimum absolute atomic E-state index is 0.612. The summed E-state index contributed by atoms with van der Waals surface area (Å²) in [6, 6.07) is 16.2. The van der Waals surface area contributed by atoms with Crippen molar-refractivity contribution in [1.29, 1.82) is 0 Å². The molecule has 0 atom stereocenters. The molecule has 1 aromatic heterocycles. The molecule has 0 saturated heterocycles. The van der Waals surface area contributed by atoms with Gasteiger partial charge in [0.25, 0.3) is 0 Å². The van der Waals surface area contributed by atoms with Crippen LogP contribution < -0.4 is 9.47 Å². The Bertz CT molecular complexity index is 793. The lowest BCUT2D eigenvalue weighted by molar-refractivity contribution is 0.248. The highest BCUT2D eigenvalue weighted by atomic mass is 16.5. The SMILES string of the molecule is Cc1ccc(OCCCOc2cccc3cccnc23)c(C)c1. The van der Waals surface area contributed by atoms with E-state index >= 15 is 0 Å². The van der Waals surface area contributed by atoms with E-state index in [9.17, 15) is 0 Å². The van der Waals surface area contributed by atoms with Gasteiger partial charge in [-0.25, -0.2) is 0 Å². The van der Waals surface area contributed by atoms with Gasteiger partial charge in [0.15, 0.2) is 0 Å². The zero-order chi connectivity index (χ0) is 16.1. The summed E-state index contributed by atoms with van der Waals surface area (Å²) in [6.45, 7) is 5.41. The minimum Gasteiger partial charge on any atom is -0.493 e. The second-order valence-corrected chi connectivity index (χ2v) is 5.65. The monoisotopic (exact) mass is 307 g/mol. The van der Waals surface area contributed by atoms with Gasteiger partial charge < -0.3 is 9.47 Å². The van der Waals surface area contributed by atoms with Crippen molar-refractivity contribution in [1.82, 2.24) is 4.98 Å². The van der Waals surface area contributed by atoms with Crippen LogP contribution in [0.5, 0.6) is 11.5 Å². The highest BCUT2D eigenvalue weighted by molar-refractivity contribution is 5.84. The van der Waals surface area contributed by atoms with Crippen molar-refractivity contribution >= 4 is 10.9 Å². The molecule has 0 spiro atoms. The molecular weight excluding hydrogens is 286 g/mol. The fraction of sp³-hybridized carbons (Fsp3) is 0.250. The van der Waals surface area contributed by atoms with E-state index in [1.54, 1.807) is 6.20 Å². The van der Waals surface area contributed by atoms with Gasteiger partial charge in [0, 0.05) is 18.0 Å². The molecule has 0 amide bonds. The van der Waals surface area contributed by atoms with Crippen LogP contribution in [-0.2, 0) is 0 Å². The number of rotatable bonds is 6. The predicted molar refractivity (Wildman–Crippen MR) is 93.3 cm³/mol. The molecule has 0 aliphatic rings. The lowest BCUT2D eigenvalue weighted by atomic mass is 10.1. The molecule has 0 bridgehead atoms. The molecular formula is C20H21NO2. The number of aryl methyl sites for hydroxylation is 2. The van der Waals surface area contributed by atoms with E-state index in [2.05, 4.69) is 31.0 Å². The molecule has 0 aliphatic heterocycles. The van der Waals surface area contributed by atoms with Crippen molar-refractivity contribution in [3.63, 3.8) is 0 Å². The second kappa shape index (κ2) is 7.14. The Kier molecular flexibility index (Phi) is 4.77. The first-order valence-corrected chi connectivity index (χ1v) is 7.90. The van der Waals surface area contributed by atoms with Crippen LogP contribution in [0.15, 0.2) is 54.7 Å². The van der Waals surface area contributed by atoms with Gasteiger partial charge in [-0.1, -0.05) is 35.9 Å². The van der Waals surface area contributed by atoms with Gasteiger partial charge in [0.1, 0.15) is 17.0 Å². The van der Waals surface area contributed by atoms with Crippen LogP contribution in [0.1, 0.15) is 17.5 Å². The number of hydrogen-bond acceptors (Lipinski definition) is 3. The Morgan fingerprint density at radius 2 is 1.65 bits per heavy atom. The summed E-state index contributed by atoms with van der Waals surface area (Å²) in [6.07, 6.45) is 2.62. The topological polar surface area (TPSA) is 31.4 Å². The molecule has 3 rings (SSSR count). The fourth-order valence-electron chi connectivity index (χ4n) is 2.58. The van der Waals surface area contributed by atoms with Crippen molar-refractivity contribution in [2.75, 3.05) is 13.2 Å². The molecule has 3 nitrogen and oxygen atoms in total. The third kappa shape index (κ3) is 3.81. The van der Waals surface area contributed by atoms with Crippen molar-refractivity contribution in [3.8, 4) is 11.5 Å². The molecule has 0 aliphatic carbocycles.